The van der Waals surface area contributed by atoms with Crippen LogP contribution in [0.25, 0.3) is 0 Å². The van der Waals surface area contributed by atoms with E-state index in [1.807, 2.05) is 26.0 Å². The minimum absolute atomic E-state index is 0.107. The molecule has 0 unspecified atom stereocenters. The number of benzene rings is 3. The number of carbonyl (C=O) groups is 2. The van der Waals surface area contributed by atoms with E-state index in [9.17, 15) is 18.0 Å². The normalized spacial score (nSPS) is 13.1. The Labute approximate surface area is 200 Å². The number of amides is 2. The molecular formula is C26H29N3O4S. The van der Waals surface area contributed by atoms with E-state index in [0.29, 0.717) is 11.3 Å². The molecule has 0 bridgehead atoms. The molecule has 3 rings (SSSR count). The molecule has 0 aliphatic rings. The molecule has 8 heteroatoms. The van der Waals surface area contributed by atoms with Crippen LogP contribution in [0.4, 0.5) is 5.69 Å². The summed E-state index contributed by atoms with van der Waals surface area (Å²) in [5.41, 5.74) is 2.89. The number of carbonyl (C=O) groups excluding carboxylic acids is 2. The van der Waals surface area contributed by atoms with E-state index >= 15 is 0 Å². The van der Waals surface area contributed by atoms with Crippen molar-refractivity contribution < 1.29 is 18.0 Å². The number of likely N-dealkylation sites (N-methyl/N-ethyl adjacent to an activating group) is 1. The maximum absolute atomic E-state index is 13.0. The number of anilines is 1. The summed E-state index contributed by atoms with van der Waals surface area (Å²) >= 11 is 0. The van der Waals surface area contributed by atoms with Gasteiger partial charge in [0, 0.05) is 18.3 Å². The zero-order valence-corrected chi connectivity index (χ0v) is 20.5. The van der Waals surface area contributed by atoms with Gasteiger partial charge in [0.15, 0.2) is 0 Å². The highest BCUT2D eigenvalue weighted by atomic mass is 32.2. The third-order valence-corrected chi connectivity index (χ3v) is 7.18. The second kappa shape index (κ2) is 10.6. The fourth-order valence-electron chi connectivity index (χ4n) is 3.46. The molecule has 7 nitrogen and oxygen atoms in total. The van der Waals surface area contributed by atoms with Crippen molar-refractivity contribution in [3.8, 4) is 0 Å². The number of nitrogens with zero attached hydrogens (tertiary/aromatic N) is 1. The van der Waals surface area contributed by atoms with E-state index in [1.165, 1.54) is 24.0 Å². The van der Waals surface area contributed by atoms with Gasteiger partial charge in [0.05, 0.1) is 17.0 Å². The molecule has 3 aromatic carbocycles. The number of hydrogen-bond donors (Lipinski definition) is 2. The molecule has 2 amide bonds. The maximum atomic E-state index is 13.0. The van der Waals surface area contributed by atoms with Gasteiger partial charge < -0.3 is 10.2 Å². The fourth-order valence-corrected chi connectivity index (χ4v) is 4.65. The minimum atomic E-state index is -3.84. The molecule has 2 N–H and O–H groups in total. The first-order chi connectivity index (χ1) is 16.1. The van der Waals surface area contributed by atoms with Crippen LogP contribution in [0.1, 0.15) is 41.4 Å². The number of nitrogens with one attached hydrogen (secondary N) is 2. The van der Waals surface area contributed by atoms with Crippen molar-refractivity contribution in [1.29, 1.82) is 0 Å². The summed E-state index contributed by atoms with van der Waals surface area (Å²) in [5, 5.41) is 2.86. The Hall–Kier alpha value is -3.49. The number of rotatable bonds is 8. The van der Waals surface area contributed by atoms with Crippen molar-refractivity contribution in [1.82, 2.24) is 9.62 Å². The summed E-state index contributed by atoms with van der Waals surface area (Å²) in [6.45, 7) is 5.24. The standard InChI is InChI=1S/C26H29N3O4S/c1-18-13-15-24(16-14-18)34(32,33)28-19(2)26(31)29(4)20(3)22-11-8-12-23(17-22)27-25(30)21-9-6-5-7-10-21/h5-17,19-20,28H,1-4H3,(H,27,30)/t19-,20-/m1/s1. The van der Waals surface area contributed by atoms with Crippen LogP contribution in [0.15, 0.2) is 83.8 Å². The second-order valence-electron chi connectivity index (χ2n) is 8.23. The highest BCUT2D eigenvalue weighted by Crippen LogP contribution is 2.23. The van der Waals surface area contributed by atoms with Crippen molar-refractivity contribution in [3.63, 3.8) is 0 Å². The highest BCUT2D eigenvalue weighted by molar-refractivity contribution is 7.89. The van der Waals surface area contributed by atoms with Crippen LogP contribution in [-0.4, -0.2) is 38.2 Å². The Kier molecular flexibility index (Phi) is 7.86. The van der Waals surface area contributed by atoms with Gasteiger partial charge in [-0.25, -0.2) is 8.42 Å². The van der Waals surface area contributed by atoms with E-state index in [-0.39, 0.29) is 22.8 Å². The topological polar surface area (TPSA) is 95.6 Å². The van der Waals surface area contributed by atoms with Crippen molar-refractivity contribution in [2.24, 2.45) is 0 Å². The molecule has 0 fully saturated rings. The van der Waals surface area contributed by atoms with Crippen molar-refractivity contribution in [2.45, 2.75) is 37.8 Å². The third-order valence-electron chi connectivity index (χ3n) is 5.63. The predicted octanol–water partition coefficient (Wildman–Crippen LogP) is 4.13. The van der Waals surface area contributed by atoms with Crippen LogP contribution in [-0.2, 0) is 14.8 Å². The first-order valence-electron chi connectivity index (χ1n) is 10.9. The van der Waals surface area contributed by atoms with Crippen LogP contribution in [0, 0.1) is 6.92 Å². The van der Waals surface area contributed by atoms with E-state index in [1.54, 1.807) is 61.6 Å². The van der Waals surface area contributed by atoms with Crippen molar-refractivity contribution in [3.05, 3.63) is 95.6 Å². The quantitative estimate of drug-likeness (QED) is 0.508. The van der Waals surface area contributed by atoms with Crippen LogP contribution in [0.2, 0.25) is 0 Å². The number of sulfonamides is 1. The number of hydrogen-bond acceptors (Lipinski definition) is 4. The summed E-state index contributed by atoms with van der Waals surface area (Å²) in [5.74, 6) is -0.601. The van der Waals surface area contributed by atoms with Crippen LogP contribution in [0.5, 0.6) is 0 Å². The Morgan fingerprint density at radius 3 is 2.18 bits per heavy atom. The van der Waals surface area contributed by atoms with E-state index in [2.05, 4.69) is 10.0 Å². The molecular weight excluding hydrogens is 450 g/mol. The first-order valence-corrected chi connectivity index (χ1v) is 12.4. The molecule has 0 aliphatic carbocycles. The van der Waals surface area contributed by atoms with Crippen LogP contribution in [0.3, 0.4) is 0 Å². The Morgan fingerprint density at radius 1 is 0.882 bits per heavy atom. The Balaban J connectivity index is 1.68. The smallest absolute Gasteiger partial charge is 0.255 e. The average Bonchev–Trinajstić information content (AvgIpc) is 2.83. The lowest BCUT2D eigenvalue weighted by Gasteiger charge is -2.28. The van der Waals surface area contributed by atoms with Gasteiger partial charge >= 0.3 is 0 Å². The van der Waals surface area contributed by atoms with Gasteiger partial charge in [-0.1, -0.05) is 48.0 Å². The van der Waals surface area contributed by atoms with Gasteiger partial charge in [0.2, 0.25) is 15.9 Å². The van der Waals surface area contributed by atoms with Gasteiger partial charge in [-0.3, -0.25) is 9.59 Å². The SMILES string of the molecule is Cc1ccc(S(=O)(=O)N[C@H](C)C(=O)N(C)[C@H](C)c2cccc(NC(=O)c3ccccc3)c2)cc1. The molecule has 0 radical (unpaired) electrons. The fraction of sp³-hybridized carbons (Fsp3) is 0.231. The zero-order chi connectivity index (χ0) is 24.9. The largest absolute Gasteiger partial charge is 0.338 e. The second-order valence-corrected chi connectivity index (χ2v) is 9.94. The van der Waals surface area contributed by atoms with Gasteiger partial charge in [0.25, 0.3) is 5.91 Å². The van der Waals surface area contributed by atoms with E-state index < -0.39 is 16.1 Å². The molecule has 2 atom stereocenters. The van der Waals surface area contributed by atoms with Crippen LogP contribution >= 0.6 is 0 Å². The predicted molar refractivity (Wildman–Crippen MR) is 133 cm³/mol. The van der Waals surface area contributed by atoms with E-state index in [0.717, 1.165) is 11.1 Å². The lowest BCUT2D eigenvalue weighted by atomic mass is 10.1. The van der Waals surface area contributed by atoms with Gasteiger partial charge in [0.1, 0.15) is 0 Å². The lowest BCUT2D eigenvalue weighted by Crippen LogP contribution is -2.46. The molecule has 3 aromatic rings. The molecule has 0 aromatic heterocycles. The van der Waals surface area contributed by atoms with Crippen LogP contribution < -0.4 is 10.0 Å². The molecule has 34 heavy (non-hydrogen) atoms. The summed E-state index contributed by atoms with van der Waals surface area (Å²) in [6, 6.07) is 21.2. The average molecular weight is 480 g/mol. The maximum Gasteiger partial charge on any atom is 0.255 e. The summed E-state index contributed by atoms with van der Waals surface area (Å²) in [6.07, 6.45) is 0. The van der Waals surface area contributed by atoms with Gasteiger partial charge in [-0.15, -0.1) is 0 Å². The van der Waals surface area contributed by atoms with Gasteiger partial charge in [-0.2, -0.15) is 4.72 Å². The molecule has 178 valence electrons. The molecule has 0 saturated carbocycles. The van der Waals surface area contributed by atoms with Crippen molar-refractivity contribution in [2.75, 3.05) is 12.4 Å². The summed E-state index contributed by atoms with van der Waals surface area (Å²) < 4.78 is 27.8. The molecule has 0 heterocycles. The lowest BCUT2D eigenvalue weighted by molar-refractivity contribution is -0.133. The first kappa shape index (κ1) is 25.1. The Bertz CT molecular complexity index is 1260. The van der Waals surface area contributed by atoms with Gasteiger partial charge in [-0.05, 0) is 62.7 Å². The summed E-state index contributed by atoms with van der Waals surface area (Å²) in [4.78, 5) is 27.0. The highest BCUT2D eigenvalue weighted by Gasteiger charge is 2.27. The minimum Gasteiger partial charge on any atom is -0.338 e. The number of aryl methyl sites for hydroxylation is 1. The molecule has 0 saturated heterocycles. The molecule has 0 aliphatic heterocycles. The van der Waals surface area contributed by atoms with E-state index in [4.69, 9.17) is 0 Å². The monoisotopic (exact) mass is 479 g/mol. The summed E-state index contributed by atoms with van der Waals surface area (Å²) in [7, 11) is -2.21. The Morgan fingerprint density at radius 2 is 1.53 bits per heavy atom. The van der Waals surface area contributed by atoms with Crippen molar-refractivity contribution >= 4 is 27.5 Å². The third kappa shape index (κ3) is 6.09. The molecule has 0 spiro atoms. The zero-order valence-electron chi connectivity index (χ0n) is 19.6.